The van der Waals surface area contributed by atoms with Gasteiger partial charge in [0.2, 0.25) is 0 Å². The summed E-state index contributed by atoms with van der Waals surface area (Å²) in [7, 11) is 3.85. The first-order valence-corrected chi connectivity index (χ1v) is 9.61. The lowest BCUT2D eigenvalue weighted by Gasteiger charge is -2.23. The number of likely N-dealkylation sites (N-methyl/N-ethyl adjacent to an activating group) is 1. The quantitative estimate of drug-likeness (QED) is 0.358. The lowest BCUT2D eigenvalue weighted by atomic mass is 10.2. The molecule has 1 atom stereocenters. The molecule has 0 bridgehead atoms. The van der Waals surface area contributed by atoms with E-state index in [0.29, 0.717) is 18.7 Å². The zero-order chi connectivity index (χ0) is 20.6. The van der Waals surface area contributed by atoms with Crippen LogP contribution in [-0.2, 0) is 4.74 Å². The van der Waals surface area contributed by atoms with E-state index >= 15 is 0 Å². The average molecular weight is 431 g/mol. The molecule has 3 rings (SSSR count). The lowest BCUT2D eigenvalue weighted by Crippen LogP contribution is -3.00. The number of carbonyl (C=O) groups excluding carboxylic acids is 1. The summed E-state index contributed by atoms with van der Waals surface area (Å²) in [6, 6.07) is 16.9. The van der Waals surface area contributed by atoms with Crippen LogP contribution in [-0.4, -0.2) is 62.0 Å². The first kappa shape index (κ1) is 23.3. The number of hydrogen-bond donors (Lipinski definition) is 1. The predicted octanol–water partition coefficient (Wildman–Crippen LogP) is -0.138. The van der Waals surface area contributed by atoms with Crippen LogP contribution in [0.25, 0.3) is 0 Å². The van der Waals surface area contributed by atoms with Crippen LogP contribution < -0.4 is 22.7 Å². The fraction of sp³-hybridized carbons (Fsp3) is 0.333. The third-order valence-corrected chi connectivity index (χ3v) is 4.65. The molecule has 0 saturated heterocycles. The number of rotatable bonds is 8. The van der Waals surface area contributed by atoms with Crippen molar-refractivity contribution in [3.8, 4) is 0 Å². The van der Waals surface area contributed by atoms with Gasteiger partial charge >= 0.3 is 5.97 Å². The van der Waals surface area contributed by atoms with E-state index in [-0.39, 0.29) is 24.7 Å². The Morgan fingerprint density at radius 1 is 1.20 bits per heavy atom. The van der Waals surface area contributed by atoms with Gasteiger partial charge in [-0.15, -0.1) is 5.11 Å². The average Bonchev–Trinajstić information content (AvgIpc) is 3.08. The zero-order valence-corrected chi connectivity index (χ0v) is 18.2. The number of halogens is 1. The Morgan fingerprint density at radius 2 is 1.90 bits per heavy atom. The van der Waals surface area contributed by atoms with Crippen molar-refractivity contribution < 1.29 is 26.5 Å². The molecule has 1 N–H and O–H groups in total. The summed E-state index contributed by atoms with van der Waals surface area (Å²) in [6.07, 6.45) is 1.68. The molecular formula is C21H27ClN6O2. The molecule has 2 aromatic rings. The molecule has 160 valence electrons. The molecule has 0 spiro atoms. The maximum absolute atomic E-state index is 12.0. The summed E-state index contributed by atoms with van der Waals surface area (Å²) in [6.45, 7) is 3.83. The Hall–Kier alpha value is -2.97. The van der Waals surface area contributed by atoms with Gasteiger partial charge in [0, 0.05) is 19.3 Å². The minimum Gasteiger partial charge on any atom is -1.00 e. The molecular weight excluding hydrogens is 404 g/mol. The Balaban J connectivity index is 0.00000320. The number of azo groups is 1. The third-order valence-electron chi connectivity index (χ3n) is 4.65. The molecule has 0 saturated carbocycles. The van der Waals surface area contributed by atoms with Gasteiger partial charge in [0.25, 0.3) is 12.6 Å². The Bertz CT molecular complexity index is 873. The summed E-state index contributed by atoms with van der Waals surface area (Å²) >= 11 is 0. The van der Waals surface area contributed by atoms with Crippen molar-refractivity contribution >= 4 is 23.7 Å². The number of carbonyl (C=O) groups is 1. The topological polar surface area (TPSA) is 72.5 Å². The van der Waals surface area contributed by atoms with Crippen molar-refractivity contribution in [3.05, 3.63) is 60.2 Å². The monoisotopic (exact) mass is 430 g/mol. The highest BCUT2D eigenvalue weighted by Crippen LogP contribution is 2.20. The van der Waals surface area contributed by atoms with Crippen LogP contribution in [0.5, 0.6) is 0 Å². The molecule has 0 aliphatic carbocycles. The number of nitrogens with zero attached hydrogens (tertiary/aromatic N) is 5. The molecule has 1 aliphatic rings. The number of ether oxygens (including phenoxy) is 1. The van der Waals surface area contributed by atoms with E-state index in [1.165, 1.54) is 0 Å². The highest BCUT2D eigenvalue weighted by Gasteiger charge is 2.26. The Labute approximate surface area is 183 Å². The molecule has 1 heterocycles. The van der Waals surface area contributed by atoms with E-state index < -0.39 is 0 Å². The van der Waals surface area contributed by atoms with E-state index in [2.05, 4.69) is 27.5 Å². The standard InChI is InChI=1S/C21H26N6O2.ClH/c1-4-27(14-15-29-20(28)17-8-6-5-7-9-17)19-12-10-18(11-13-19)23-24-21-25(2)16-22-26(21)3;/h5-13,16,21H,4,14-15H2,1-3H3;1H. The minimum absolute atomic E-state index is 0. The second kappa shape index (κ2) is 11.3. The van der Waals surface area contributed by atoms with Gasteiger partial charge in [0.05, 0.1) is 24.8 Å². The van der Waals surface area contributed by atoms with Crippen molar-refractivity contribution in [2.45, 2.75) is 13.2 Å². The highest BCUT2D eigenvalue weighted by molar-refractivity contribution is 5.89. The summed E-state index contributed by atoms with van der Waals surface area (Å²) < 4.78 is 7.33. The number of benzene rings is 2. The predicted molar refractivity (Wildman–Crippen MR) is 113 cm³/mol. The van der Waals surface area contributed by atoms with Crippen molar-refractivity contribution in [2.24, 2.45) is 10.2 Å². The van der Waals surface area contributed by atoms with Gasteiger partial charge in [0.1, 0.15) is 6.61 Å². The summed E-state index contributed by atoms with van der Waals surface area (Å²) in [5.41, 5.74) is 5.46. The number of anilines is 1. The lowest BCUT2D eigenvalue weighted by molar-refractivity contribution is -0.545. The van der Waals surface area contributed by atoms with E-state index in [1.807, 2.05) is 72.5 Å². The summed E-state index contributed by atoms with van der Waals surface area (Å²) in [5.74, 6) is -0.300. The molecule has 2 aromatic carbocycles. The highest BCUT2D eigenvalue weighted by atomic mass is 35.5. The molecule has 0 aromatic heterocycles. The van der Waals surface area contributed by atoms with E-state index in [0.717, 1.165) is 17.9 Å². The number of esters is 1. The molecule has 8 nitrogen and oxygen atoms in total. The van der Waals surface area contributed by atoms with Crippen molar-refractivity contribution in [1.29, 1.82) is 0 Å². The normalized spacial score (nSPS) is 16.0. The fourth-order valence-electron chi connectivity index (χ4n) is 2.97. The SMILES string of the molecule is CCN(CCOC(=O)c1ccccc1)c1ccc(N=NC2N(C)NC=[N+]2C)cc1.[Cl-]. The fourth-order valence-corrected chi connectivity index (χ4v) is 2.97. The smallest absolute Gasteiger partial charge is 0.338 e. The van der Waals surface area contributed by atoms with Crippen LogP contribution in [0.3, 0.4) is 0 Å². The molecule has 0 amide bonds. The van der Waals surface area contributed by atoms with Gasteiger partial charge < -0.3 is 22.0 Å². The van der Waals surface area contributed by atoms with Crippen LogP contribution in [0, 0.1) is 0 Å². The zero-order valence-electron chi connectivity index (χ0n) is 17.4. The second-order valence-electron chi connectivity index (χ2n) is 6.69. The van der Waals surface area contributed by atoms with Crippen LogP contribution in [0.15, 0.2) is 64.8 Å². The summed E-state index contributed by atoms with van der Waals surface area (Å²) in [4.78, 5) is 14.2. The first-order valence-electron chi connectivity index (χ1n) is 9.61. The Kier molecular flexibility index (Phi) is 8.76. The summed E-state index contributed by atoms with van der Waals surface area (Å²) in [5, 5.41) is 10.6. The second-order valence-corrected chi connectivity index (χ2v) is 6.69. The number of hydrazine groups is 1. The van der Waals surface area contributed by atoms with Gasteiger partial charge in [-0.2, -0.15) is 10.5 Å². The van der Waals surface area contributed by atoms with Crippen molar-refractivity contribution in [3.63, 3.8) is 0 Å². The van der Waals surface area contributed by atoms with Crippen LogP contribution in [0.2, 0.25) is 0 Å². The van der Waals surface area contributed by atoms with E-state index in [1.54, 1.807) is 12.1 Å². The molecule has 0 fully saturated rings. The van der Waals surface area contributed by atoms with Crippen molar-refractivity contribution in [2.75, 3.05) is 38.7 Å². The van der Waals surface area contributed by atoms with Crippen LogP contribution in [0.4, 0.5) is 11.4 Å². The maximum atomic E-state index is 12.0. The van der Waals surface area contributed by atoms with Crippen LogP contribution in [0.1, 0.15) is 17.3 Å². The van der Waals surface area contributed by atoms with Crippen LogP contribution >= 0.6 is 0 Å². The molecule has 30 heavy (non-hydrogen) atoms. The van der Waals surface area contributed by atoms with Crippen molar-refractivity contribution in [1.82, 2.24) is 10.4 Å². The third kappa shape index (κ3) is 6.01. The Morgan fingerprint density at radius 3 is 2.50 bits per heavy atom. The molecule has 1 aliphatic heterocycles. The largest absolute Gasteiger partial charge is 1.00 e. The maximum Gasteiger partial charge on any atom is 0.338 e. The van der Waals surface area contributed by atoms with Gasteiger partial charge in [-0.05, 0) is 43.3 Å². The number of hydrogen-bond acceptors (Lipinski definition) is 7. The van der Waals surface area contributed by atoms with E-state index in [4.69, 9.17) is 4.74 Å². The molecule has 9 heteroatoms. The minimum atomic E-state index is -0.300. The first-order chi connectivity index (χ1) is 14.1. The molecule has 1 unspecified atom stereocenters. The number of nitrogens with one attached hydrogen (secondary N) is 1. The molecule has 0 radical (unpaired) electrons. The van der Waals surface area contributed by atoms with E-state index in [9.17, 15) is 4.79 Å². The van der Waals surface area contributed by atoms with Gasteiger partial charge in [-0.25, -0.2) is 9.37 Å². The van der Waals surface area contributed by atoms with Gasteiger partial charge in [-0.3, -0.25) is 0 Å². The van der Waals surface area contributed by atoms with Gasteiger partial charge in [-0.1, -0.05) is 23.2 Å². The van der Waals surface area contributed by atoms with Gasteiger partial charge in [0.15, 0.2) is 0 Å².